The number of nitrogens with zero attached hydrogens (tertiary/aromatic N) is 1. The maximum atomic E-state index is 13.0. The van der Waals surface area contributed by atoms with E-state index in [1.54, 1.807) is 6.07 Å². The Balaban J connectivity index is 2.31. The van der Waals surface area contributed by atoms with Crippen molar-refractivity contribution in [1.82, 2.24) is 4.90 Å². The fraction of sp³-hybridized carbons (Fsp3) is 0.625. The third-order valence-electron chi connectivity index (χ3n) is 3.75. The molecule has 0 saturated carbocycles. The quantitative estimate of drug-likeness (QED) is 0.816. The molecule has 1 aromatic rings. The SMILES string of the molecule is CN1CCC(Oc2cc(C(C)(C)C)cc(C(F)(F)F)c2)C1. The Morgan fingerprint density at radius 2 is 1.71 bits per heavy atom. The number of ether oxygens (including phenoxy) is 1. The molecule has 1 aliphatic rings. The van der Waals surface area contributed by atoms with Gasteiger partial charge in [-0.15, -0.1) is 0 Å². The van der Waals surface area contributed by atoms with E-state index in [0.717, 1.165) is 25.6 Å². The highest BCUT2D eigenvalue weighted by Gasteiger charge is 2.33. The van der Waals surface area contributed by atoms with Crippen molar-refractivity contribution in [3.63, 3.8) is 0 Å². The minimum absolute atomic E-state index is 0.0358. The average molecular weight is 301 g/mol. The van der Waals surface area contributed by atoms with Crippen molar-refractivity contribution in [3.05, 3.63) is 29.3 Å². The molecular weight excluding hydrogens is 279 g/mol. The summed E-state index contributed by atoms with van der Waals surface area (Å²) < 4.78 is 44.9. The van der Waals surface area contributed by atoms with Crippen LogP contribution in [-0.4, -0.2) is 31.1 Å². The van der Waals surface area contributed by atoms with E-state index in [1.807, 2.05) is 27.8 Å². The molecule has 2 rings (SSSR count). The molecule has 0 radical (unpaired) electrons. The zero-order valence-corrected chi connectivity index (χ0v) is 12.9. The summed E-state index contributed by atoms with van der Waals surface area (Å²) in [6.45, 7) is 7.36. The van der Waals surface area contributed by atoms with Gasteiger partial charge < -0.3 is 9.64 Å². The fourth-order valence-electron chi connectivity index (χ4n) is 2.45. The average Bonchev–Trinajstić information content (AvgIpc) is 2.72. The molecule has 21 heavy (non-hydrogen) atoms. The lowest BCUT2D eigenvalue weighted by Gasteiger charge is -2.23. The van der Waals surface area contributed by atoms with Gasteiger partial charge in [0.25, 0.3) is 0 Å². The van der Waals surface area contributed by atoms with Crippen LogP contribution in [0, 0.1) is 0 Å². The van der Waals surface area contributed by atoms with E-state index >= 15 is 0 Å². The molecule has 1 aliphatic heterocycles. The smallest absolute Gasteiger partial charge is 0.416 e. The summed E-state index contributed by atoms with van der Waals surface area (Å²) in [5.41, 5.74) is -0.360. The van der Waals surface area contributed by atoms with Crippen LogP contribution >= 0.6 is 0 Å². The lowest BCUT2D eigenvalue weighted by molar-refractivity contribution is -0.137. The maximum absolute atomic E-state index is 13.0. The number of hydrogen-bond acceptors (Lipinski definition) is 2. The van der Waals surface area contributed by atoms with Gasteiger partial charge in [0.1, 0.15) is 11.9 Å². The molecule has 1 fully saturated rings. The van der Waals surface area contributed by atoms with Gasteiger partial charge in [0.15, 0.2) is 0 Å². The molecular formula is C16H22F3NO. The van der Waals surface area contributed by atoms with Gasteiger partial charge in [-0.05, 0) is 42.6 Å². The number of benzene rings is 1. The summed E-state index contributed by atoms with van der Waals surface area (Å²) in [6.07, 6.45) is -3.55. The predicted molar refractivity (Wildman–Crippen MR) is 76.7 cm³/mol. The van der Waals surface area contributed by atoms with Crippen LogP contribution in [0.5, 0.6) is 5.75 Å². The normalized spacial score (nSPS) is 20.8. The topological polar surface area (TPSA) is 12.5 Å². The number of alkyl halides is 3. The number of hydrogen-bond donors (Lipinski definition) is 0. The van der Waals surface area contributed by atoms with Crippen molar-refractivity contribution in [1.29, 1.82) is 0 Å². The molecule has 1 aromatic carbocycles. The van der Waals surface area contributed by atoms with Gasteiger partial charge in [0, 0.05) is 13.1 Å². The van der Waals surface area contributed by atoms with Gasteiger partial charge in [-0.3, -0.25) is 0 Å². The van der Waals surface area contributed by atoms with Gasteiger partial charge in [0.05, 0.1) is 5.56 Å². The molecule has 2 nitrogen and oxygen atoms in total. The number of likely N-dealkylation sites (N-methyl/N-ethyl adjacent to an activating group) is 1. The van der Waals surface area contributed by atoms with Crippen LogP contribution in [-0.2, 0) is 11.6 Å². The van der Waals surface area contributed by atoms with E-state index in [-0.39, 0.29) is 11.5 Å². The Morgan fingerprint density at radius 1 is 1.10 bits per heavy atom. The third kappa shape index (κ3) is 4.13. The summed E-state index contributed by atoms with van der Waals surface area (Å²) in [6, 6.07) is 4.05. The zero-order valence-electron chi connectivity index (χ0n) is 12.9. The van der Waals surface area contributed by atoms with Gasteiger partial charge in [-0.2, -0.15) is 13.2 Å². The van der Waals surface area contributed by atoms with Crippen molar-refractivity contribution in [3.8, 4) is 5.75 Å². The minimum Gasteiger partial charge on any atom is -0.489 e. The molecule has 0 bridgehead atoms. The van der Waals surface area contributed by atoms with Crippen LogP contribution in [0.3, 0.4) is 0 Å². The largest absolute Gasteiger partial charge is 0.489 e. The molecule has 118 valence electrons. The van der Waals surface area contributed by atoms with Gasteiger partial charge in [-0.1, -0.05) is 20.8 Å². The molecule has 0 aliphatic carbocycles. The first-order chi connectivity index (χ1) is 9.55. The van der Waals surface area contributed by atoms with Gasteiger partial charge in [-0.25, -0.2) is 0 Å². The first kappa shape index (κ1) is 16.1. The molecule has 0 spiro atoms. The molecule has 1 unspecified atom stereocenters. The Labute approximate surface area is 123 Å². The van der Waals surface area contributed by atoms with Crippen molar-refractivity contribution < 1.29 is 17.9 Å². The van der Waals surface area contributed by atoms with Crippen LogP contribution in [0.4, 0.5) is 13.2 Å². The van der Waals surface area contributed by atoms with Crippen molar-refractivity contribution in [2.75, 3.05) is 20.1 Å². The minimum atomic E-state index is -4.36. The summed E-state index contributed by atoms with van der Waals surface area (Å²) >= 11 is 0. The van der Waals surface area contributed by atoms with Crippen molar-refractivity contribution >= 4 is 0 Å². The Kier molecular flexibility index (Phi) is 4.24. The highest BCUT2D eigenvalue weighted by Crippen LogP contribution is 2.36. The van der Waals surface area contributed by atoms with Gasteiger partial charge in [0.2, 0.25) is 0 Å². The Bertz CT molecular complexity index is 473. The van der Waals surface area contributed by atoms with E-state index < -0.39 is 11.7 Å². The van der Waals surface area contributed by atoms with Crippen LogP contribution in [0.2, 0.25) is 0 Å². The molecule has 5 heteroatoms. The molecule has 1 atom stereocenters. The Morgan fingerprint density at radius 3 is 2.19 bits per heavy atom. The second-order valence-electron chi connectivity index (χ2n) is 6.78. The van der Waals surface area contributed by atoms with Crippen molar-refractivity contribution in [2.45, 2.75) is 44.9 Å². The first-order valence-electron chi connectivity index (χ1n) is 7.13. The summed E-state index contributed by atoms with van der Waals surface area (Å²) in [5, 5.41) is 0. The number of rotatable bonds is 2. The molecule has 0 aromatic heterocycles. The molecule has 1 saturated heterocycles. The number of halogens is 3. The summed E-state index contributed by atoms with van der Waals surface area (Å²) in [4.78, 5) is 2.11. The van der Waals surface area contributed by atoms with Gasteiger partial charge >= 0.3 is 6.18 Å². The second kappa shape index (κ2) is 5.52. The third-order valence-corrected chi connectivity index (χ3v) is 3.75. The summed E-state index contributed by atoms with van der Waals surface area (Å²) in [5.74, 6) is 0.315. The van der Waals surface area contributed by atoms with Crippen LogP contribution in [0.25, 0.3) is 0 Å². The lowest BCUT2D eigenvalue weighted by atomic mass is 9.86. The monoisotopic (exact) mass is 301 g/mol. The Hall–Kier alpha value is -1.23. The van der Waals surface area contributed by atoms with E-state index in [1.165, 1.54) is 6.07 Å². The standard InChI is InChI=1S/C16H22F3NO/c1-15(2,3)11-7-12(16(17,18)19)9-14(8-11)21-13-5-6-20(4)10-13/h7-9,13H,5-6,10H2,1-4H3. The summed E-state index contributed by atoms with van der Waals surface area (Å²) in [7, 11) is 1.98. The maximum Gasteiger partial charge on any atom is 0.416 e. The highest BCUT2D eigenvalue weighted by molar-refractivity contribution is 5.39. The highest BCUT2D eigenvalue weighted by atomic mass is 19.4. The van der Waals surface area contributed by atoms with Crippen LogP contribution < -0.4 is 4.74 Å². The van der Waals surface area contributed by atoms with E-state index in [2.05, 4.69) is 4.90 Å². The molecule has 1 heterocycles. The first-order valence-corrected chi connectivity index (χ1v) is 7.13. The number of likely N-dealkylation sites (tertiary alicyclic amines) is 1. The molecule has 0 N–H and O–H groups in total. The van der Waals surface area contributed by atoms with Crippen LogP contribution in [0.1, 0.15) is 38.3 Å². The molecule has 0 amide bonds. The lowest BCUT2D eigenvalue weighted by Crippen LogP contribution is -2.22. The van der Waals surface area contributed by atoms with E-state index in [4.69, 9.17) is 4.74 Å². The fourth-order valence-corrected chi connectivity index (χ4v) is 2.45. The van der Waals surface area contributed by atoms with Crippen molar-refractivity contribution in [2.24, 2.45) is 0 Å². The van der Waals surface area contributed by atoms with E-state index in [0.29, 0.717) is 11.3 Å². The zero-order chi connectivity index (χ0) is 15.8. The second-order valence-corrected chi connectivity index (χ2v) is 6.78. The van der Waals surface area contributed by atoms with E-state index in [9.17, 15) is 13.2 Å². The predicted octanol–water partition coefficient (Wildman–Crippen LogP) is 4.09. The van der Waals surface area contributed by atoms with Crippen LogP contribution in [0.15, 0.2) is 18.2 Å².